The van der Waals surface area contributed by atoms with E-state index in [9.17, 15) is 4.79 Å². The van der Waals surface area contributed by atoms with Gasteiger partial charge >= 0.3 is 0 Å². The molecule has 0 radical (unpaired) electrons. The van der Waals surface area contributed by atoms with Gasteiger partial charge in [0.15, 0.2) is 0 Å². The van der Waals surface area contributed by atoms with Gasteiger partial charge in [0, 0.05) is 5.02 Å². The Hall–Kier alpha value is -1.11. The number of H-pyrrole nitrogens is 1. The standard InChI is InChI=1S/C12H8Br2ClN3O/c13-9-5-10(17-11(9)14)12(19)18-16-6-7-1-3-8(15)4-2-7/h1-6,17H,(H,18,19)/b16-6+. The van der Waals surface area contributed by atoms with E-state index in [0.29, 0.717) is 15.3 Å². The van der Waals surface area contributed by atoms with Crippen LogP contribution >= 0.6 is 43.5 Å². The predicted molar refractivity (Wildman–Crippen MR) is 82.7 cm³/mol. The SMILES string of the molecule is O=C(N/N=C/c1ccc(Cl)cc1)c1cc(Br)c(Br)[nH]1. The van der Waals surface area contributed by atoms with E-state index in [1.807, 2.05) is 0 Å². The number of aromatic nitrogens is 1. The molecule has 1 aromatic heterocycles. The summed E-state index contributed by atoms with van der Waals surface area (Å²) in [5.41, 5.74) is 3.68. The highest BCUT2D eigenvalue weighted by Crippen LogP contribution is 2.22. The number of hydrazone groups is 1. The minimum atomic E-state index is -0.323. The molecule has 0 spiro atoms. The minimum Gasteiger partial charge on any atom is -0.344 e. The lowest BCUT2D eigenvalue weighted by molar-refractivity contribution is 0.0950. The molecular weight excluding hydrogens is 397 g/mol. The predicted octanol–water partition coefficient (Wildman–Crippen LogP) is 3.96. The molecule has 2 N–H and O–H groups in total. The van der Waals surface area contributed by atoms with Crippen LogP contribution in [-0.2, 0) is 0 Å². The second-order valence-electron chi connectivity index (χ2n) is 3.60. The number of carbonyl (C=O) groups is 1. The van der Waals surface area contributed by atoms with Gasteiger partial charge in [-0.15, -0.1) is 0 Å². The molecule has 0 aliphatic rings. The van der Waals surface area contributed by atoms with Gasteiger partial charge in [0.25, 0.3) is 5.91 Å². The van der Waals surface area contributed by atoms with E-state index in [0.717, 1.165) is 10.0 Å². The Bertz CT molecular complexity index is 603. The largest absolute Gasteiger partial charge is 0.344 e. The van der Waals surface area contributed by atoms with Gasteiger partial charge in [-0.05, 0) is 55.6 Å². The van der Waals surface area contributed by atoms with Gasteiger partial charge in [-0.1, -0.05) is 23.7 Å². The first-order chi connectivity index (χ1) is 9.06. The van der Waals surface area contributed by atoms with Gasteiger partial charge in [0.2, 0.25) is 0 Å². The zero-order valence-electron chi connectivity index (χ0n) is 9.45. The van der Waals surface area contributed by atoms with Crippen molar-refractivity contribution in [3.63, 3.8) is 0 Å². The first-order valence-corrected chi connectivity index (χ1v) is 7.15. The lowest BCUT2D eigenvalue weighted by atomic mass is 10.2. The van der Waals surface area contributed by atoms with Crippen molar-refractivity contribution in [3.05, 3.63) is 55.7 Å². The number of amides is 1. The van der Waals surface area contributed by atoms with E-state index >= 15 is 0 Å². The maximum absolute atomic E-state index is 11.7. The topological polar surface area (TPSA) is 57.2 Å². The van der Waals surface area contributed by atoms with Crippen LogP contribution in [0.2, 0.25) is 5.02 Å². The summed E-state index contributed by atoms with van der Waals surface area (Å²) in [7, 11) is 0. The number of nitrogens with one attached hydrogen (secondary N) is 2. The Morgan fingerprint density at radius 1 is 1.32 bits per heavy atom. The van der Waals surface area contributed by atoms with Gasteiger partial charge in [0.1, 0.15) is 5.69 Å². The number of nitrogens with zero attached hydrogens (tertiary/aromatic N) is 1. The lowest BCUT2D eigenvalue weighted by Crippen LogP contribution is -2.17. The Morgan fingerprint density at radius 2 is 2.00 bits per heavy atom. The molecule has 2 aromatic rings. The van der Waals surface area contributed by atoms with Crippen molar-refractivity contribution >= 4 is 55.6 Å². The Labute approximate surface area is 131 Å². The Morgan fingerprint density at radius 3 is 2.58 bits per heavy atom. The van der Waals surface area contributed by atoms with Crippen LogP contribution in [-0.4, -0.2) is 17.1 Å². The van der Waals surface area contributed by atoms with Crippen molar-refractivity contribution in [1.82, 2.24) is 10.4 Å². The molecule has 7 heteroatoms. The Balaban J connectivity index is 1.98. The number of carbonyl (C=O) groups excluding carboxylic acids is 1. The normalized spacial score (nSPS) is 10.9. The fraction of sp³-hybridized carbons (Fsp3) is 0. The van der Waals surface area contributed by atoms with Crippen LogP contribution < -0.4 is 5.43 Å². The highest BCUT2D eigenvalue weighted by molar-refractivity contribution is 9.13. The molecule has 0 atom stereocenters. The number of aromatic amines is 1. The molecule has 0 saturated heterocycles. The first-order valence-electron chi connectivity index (χ1n) is 5.19. The van der Waals surface area contributed by atoms with Gasteiger partial charge in [0.05, 0.1) is 15.3 Å². The fourth-order valence-electron chi connectivity index (χ4n) is 1.30. The van der Waals surface area contributed by atoms with E-state index in [-0.39, 0.29) is 5.91 Å². The summed E-state index contributed by atoms with van der Waals surface area (Å²) in [6.07, 6.45) is 1.54. The molecule has 0 bridgehead atoms. The monoisotopic (exact) mass is 403 g/mol. The number of hydrogen-bond donors (Lipinski definition) is 2. The number of hydrogen-bond acceptors (Lipinski definition) is 2. The number of rotatable bonds is 3. The highest BCUT2D eigenvalue weighted by atomic mass is 79.9. The van der Waals surface area contributed by atoms with Gasteiger partial charge in [-0.25, -0.2) is 5.43 Å². The third kappa shape index (κ3) is 3.92. The van der Waals surface area contributed by atoms with E-state index in [4.69, 9.17) is 11.6 Å². The maximum atomic E-state index is 11.7. The first kappa shape index (κ1) is 14.3. The maximum Gasteiger partial charge on any atom is 0.287 e. The average molecular weight is 405 g/mol. The van der Waals surface area contributed by atoms with Crippen LogP contribution in [0, 0.1) is 0 Å². The molecule has 0 fully saturated rings. The molecule has 0 aliphatic heterocycles. The molecule has 0 saturated carbocycles. The molecule has 2 rings (SSSR count). The van der Waals surface area contributed by atoms with E-state index in [1.54, 1.807) is 36.5 Å². The molecule has 19 heavy (non-hydrogen) atoms. The summed E-state index contributed by atoms with van der Waals surface area (Å²) in [5, 5.41) is 4.52. The fourth-order valence-corrected chi connectivity index (χ4v) is 2.08. The molecule has 98 valence electrons. The van der Waals surface area contributed by atoms with Crippen LogP contribution in [0.3, 0.4) is 0 Å². The lowest BCUT2D eigenvalue weighted by Gasteiger charge is -1.96. The third-order valence-corrected chi connectivity index (χ3v) is 4.25. The minimum absolute atomic E-state index is 0.323. The van der Waals surface area contributed by atoms with Crippen molar-refractivity contribution in [2.24, 2.45) is 5.10 Å². The molecule has 4 nitrogen and oxygen atoms in total. The Kier molecular flexibility index (Phi) is 4.79. The van der Waals surface area contributed by atoms with Crippen molar-refractivity contribution in [3.8, 4) is 0 Å². The smallest absolute Gasteiger partial charge is 0.287 e. The van der Waals surface area contributed by atoms with Crippen LogP contribution in [0.15, 0.2) is 44.5 Å². The third-order valence-electron chi connectivity index (χ3n) is 2.22. The summed E-state index contributed by atoms with van der Waals surface area (Å²) >= 11 is 12.3. The molecule has 0 unspecified atom stereocenters. The zero-order chi connectivity index (χ0) is 13.8. The highest BCUT2D eigenvalue weighted by Gasteiger charge is 2.09. The summed E-state index contributed by atoms with van der Waals surface area (Å²) < 4.78 is 1.48. The second kappa shape index (κ2) is 6.36. The van der Waals surface area contributed by atoms with Crippen LogP contribution in [0.1, 0.15) is 16.1 Å². The molecule has 1 aromatic carbocycles. The second-order valence-corrected chi connectivity index (χ2v) is 5.68. The van der Waals surface area contributed by atoms with Gasteiger partial charge < -0.3 is 4.98 Å². The van der Waals surface area contributed by atoms with E-state index < -0.39 is 0 Å². The van der Waals surface area contributed by atoms with Crippen molar-refractivity contribution in [2.75, 3.05) is 0 Å². The summed E-state index contributed by atoms with van der Waals surface area (Å²) in [6.45, 7) is 0. The van der Waals surface area contributed by atoms with Crippen molar-refractivity contribution in [2.45, 2.75) is 0 Å². The van der Waals surface area contributed by atoms with Gasteiger partial charge in [-0.2, -0.15) is 5.10 Å². The van der Waals surface area contributed by atoms with Crippen LogP contribution in [0.5, 0.6) is 0 Å². The van der Waals surface area contributed by atoms with Crippen LogP contribution in [0.4, 0.5) is 0 Å². The van der Waals surface area contributed by atoms with Crippen molar-refractivity contribution in [1.29, 1.82) is 0 Å². The van der Waals surface area contributed by atoms with Gasteiger partial charge in [-0.3, -0.25) is 4.79 Å². The van der Waals surface area contributed by atoms with Crippen LogP contribution in [0.25, 0.3) is 0 Å². The summed E-state index contributed by atoms with van der Waals surface area (Å²) in [4.78, 5) is 14.6. The van der Waals surface area contributed by atoms with Crippen molar-refractivity contribution < 1.29 is 4.79 Å². The van der Waals surface area contributed by atoms with E-state index in [1.165, 1.54) is 0 Å². The van der Waals surface area contributed by atoms with E-state index in [2.05, 4.69) is 47.4 Å². The molecule has 1 heterocycles. The summed E-state index contributed by atoms with van der Waals surface area (Å²) in [5.74, 6) is -0.323. The molecule has 0 aliphatic carbocycles. The average Bonchev–Trinajstić information content (AvgIpc) is 2.72. The number of halogens is 3. The quantitative estimate of drug-likeness (QED) is 0.590. The molecular formula is C12H8Br2ClN3O. The summed E-state index contributed by atoms with van der Waals surface area (Å²) in [6, 6.07) is 8.78. The molecule has 1 amide bonds. The zero-order valence-corrected chi connectivity index (χ0v) is 13.4. The number of benzene rings is 1.